The summed E-state index contributed by atoms with van der Waals surface area (Å²) in [5.41, 5.74) is 2.85. The Morgan fingerprint density at radius 3 is 2.63 bits per heavy atom. The molecule has 4 rings (SSSR count). The average Bonchev–Trinajstić information content (AvgIpc) is 3.36. The maximum Gasteiger partial charge on any atom is 0.276 e. The van der Waals surface area contributed by atoms with E-state index in [9.17, 15) is 4.79 Å². The number of anilines is 1. The number of carbonyl (C=O) groups is 1. The first-order valence-corrected chi connectivity index (χ1v) is 10.2. The molecule has 0 radical (unpaired) electrons. The van der Waals surface area contributed by atoms with Crippen LogP contribution in [0.5, 0.6) is 0 Å². The lowest BCUT2D eigenvalue weighted by Crippen LogP contribution is -2.16. The molecule has 1 amide bonds. The Hall–Kier alpha value is -2.97. The number of thiazole rings is 1. The molecule has 0 saturated carbocycles. The summed E-state index contributed by atoms with van der Waals surface area (Å²) in [6.07, 6.45) is 5.24. The summed E-state index contributed by atoms with van der Waals surface area (Å²) in [6.45, 7) is 0. The van der Waals surface area contributed by atoms with Crippen LogP contribution in [0.1, 0.15) is 10.5 Å². The third-order valence-electron chi connectivity index (χ3n) is 3.81. The lowest BCUT2D eigenvalue weighted by molar-refractivity contribution is 0.102. The molecule has 0 aliphatic carbocycles. The van der Waals surface area contributed by atoms with Gasteiger partial charge in [-0.15, -0.1) is 11.3 Å². The van der Waals surface area contributed by atoms with E-state index in [-0.39, 0.29) is 5.91 Å². The molecule has 6 nitrogen and oxygen atoms in total. The van der Waals surface area contributed by atoms with Gasteiger partial charge in [0, 0.05) is 17.3 Å². The number of imidazole rings is 1. The third-order valence-corrected chi connectivity index (χ3v) is 5.22. The summed E-state index contributed by atoms with van der Waals surface area (Å²) in [7, 11) is 0. The van der Waals surface area contributed by atoms with Gasteiger partial charge in [-0.3, -0.25) is 19.7 Å². The van der Waals surface area contributed by atoms with E-state index in [1.54, 1.807) is 12.4 Å². The Bertz CT molecular complexity index is 1060. The number of benzene rings is 1. The second kappa shape index (κ2) is 7.73. The van der Waals surface area contributed by atoms with E-state index in [4.69, 9.17) is 0 Å². The van der Waals surface area contributed by atoms with E-state index in [1.165, 1.54) is 23.1 Å². The molecule has 27 heavy (non-hydrogen) atoms. The molecule has 0 bridgehead atoms. The molecular weight excluding hydrogens is 378 g/mol. The molecule has 4 aromatic rings. The van der Waals surface area contributed by atoms with Crippen molar-refractivity contribution in [3.63, 3.8) is 0 Å². The number of rotatable bonds is 5. The van der Waals surface area contributed by atoms with Crippen molar-refractivity contribution in [2.75, 3.05) is 11.6 Å². The van der Waals surface area contributed by atoms with Crippen LogP contribution >= 0.6 is 23.1 Å². The fourth-order valence-electron chi connectivity index (χ4n) is 2.59. The number of carbonyl (C=O) groups excluding carboxylic acids is 1. The number of pyridine rings is 1. The molecule has 0 fully saturated rings. The van der Waals surface area contributed by atoms with E-state index >= 15 is 0 Å². The minimum atomic E-state index is -0.256. The van der Waals surface area contributed by atoms with Crippen molar-refractivity contribution < 1.29 is 4.79 Å². The number of hydrogen-bond donors (Lipinski definition) is 1. The van der Waals surface area contributed by atoms with Crippen molar-refractivity contribution in [1.29, 1.82) is 0 Å². The molecule has 0 spiro atoms. The number of para-hydroxylation sites is 1. The normalized spacial score (nSPS) is 10.7. The predicted octanol–water partition coefficient (Wildman–Crippen LogP) is 4.37. The summed E-state index contributed by atoms with van der Waals surface area (Å²) < 4.78 is 1.84. The van der Waals surface area contributed by atoms with Crippen LogP contribution in [-0.4, -0.2) is 31.7 Å². The molecule has 1 N–H and O–H groups in total. The highest BCUT2D eigenvalue weighted by molar-refractivity contribution is 7.98. The molecular formula is C19H15N5OS2. The predicted molar refractivity (Wildman–Crippen MR) is 109 cm³/mol. The van der Waals surface area contributed by atoms with Crippen molar-refractivity contribution >= 4 is 34.1 Å². The monoisotopic (exact) mass is 393 g/mol. The van der Waals surface area contributed by atoms with Crippen molar-refractivity contribution in [3.05, 3.63) is 72.0 Å². The molecule has 1 aromatic carbocycles. The standard InChI is InChI=1S/C19H15N5OS2/c1-26-19-21-11-16(24(19)13-7-3-2-4-8-13)17(25)23-18-22-15(12-27-18)14-9-5-6-10-20-14/h2-12H,1H3,(H,22,23,25). The van der Waals surface area contributed by atoms with Gasteiger partial charge in [0.25, 0.3) is 5.91 Å². The minimum absolute atomic E-state index is 0.256. The Labute approximate surface area is 164 Å². The highest BCUT2D eigenvalue weighted by Gasteiger charge is 2.19. The fraction of sp³-hybridized carbons (Fsp3) is 0.0526. The van der Waals surface area contributed by atoms with Crippen LogP contribution in [0.15, 0.2) is 71.5 Å². The zero-order valence-corrected chi connectivity index (χ0v) is 16.0. The second-order valence-electron chi connectivity index (χ2n) is 5.51. The molecule has 3 aromatic heterocycles. The average molecular weight is 393 g/mol. The molecule has 134 valence electrons. The molecule has 3 heterocycles. The SMILES string of the molecule is CSc1ncc(C(=O)Nc2nc(-c3ccccn3)cs2)n1-c1ccccc1. The Morgan fingerprint density at radius 2 is 1.89 bits per heavy atom. The van der Waals surface area contributed by atoms with Crippen LogP contribution < -0.4 is 5.32 Å². The summed E-state index contributed by atoms with van der Waals surface area (Å²) in [4.78, 5) is 26.0. The number of amides is 1. The smallest absolute Gasteiger partial charge is 0.276 e. The zero-order valence-electron chi connectivity index (χ0n) is 14.4. The second-order valence-corrected chi connectivity index (χ2v) is 7.14. The van der Waals surface area contributed by atoms with Crippen LogP contribution in [-0.2, 0) is 0 Å². The van der Waals surface area contributed by atoms with E-state index in [1.807, 2.05) is 64.7 Å². The first kappa shape index (κ1) is 17.4. The Morgan fingerprint density at radius 1 is 1.07 bits per heavy atom. The highest BCUT2D eigenvalue weighted by Crippen LogP contribution is 2.25. The van der Waals surface area contributed by atoms with Gasteiger partial charge in [-0.1, -0.05) is 36.0 Å². The van der Waals surface area contributed by atoms with E-state index in [0.717, 1.165) is 22.2 Å². The van der Waals surface area contributed by atoms with Gasteiger partial charge in [0.2, 0.25) is 0 Å². The van der Waals surface area contributed by atoms with Gasteiger partial charge in [0.05, 0.1) is 11.9 Å². The van der Waals surface area contributed by atoms with Gasteiger partial charge in [0.15, 0.2) is 10.3 Å². The fourth-order valence-corrected chi connectivity index (χ4v) is 3.83. The number of nitrogens with zero attached hydrogens (tertiary/aromatic N) is 4. The van der Waals surface area contributed by atoms with E-state index in [2.05, 4.69) is 20.3 Å². The first-order valence-electron chi connectivity index (χ1n) is 8.11. The first-order chi connectivity index (χ1) is 13.3. The molecule has 8 heteroatoms. The Kier molecular flexibility index (Phi) is 4.99. The van der Waals surface area contributed by atoms with Crippen molar-refractivity contribution in [1.82, 2.24) is 19.5 Å². The Balaban J connectivity index is 1.61. The molecule has 0 saturated heterocycles. The van der Waals surface area contributed by atoms with E-state index in [0.29, 0.717) is 10.8 Å². The lowest BCUT2D eigenvalue weighted by atomic mass is 10.3. The number of thioether (sulfide) groups is 1. The molecule has 0 aliphatic heterocycles. The van der Waals surface area contributed by atoms with Crippen molar-refractivity contribution in [3.8, 4) is 17.1 Å². The summed E-state index contributed by atoms with van der Waals surface area (Å²) in [6, 6.07) is 15.3. The van der Waals surface area contributed by atoms with Crippen LogP contribution in [0.25, 0.3) is 17.1 Å². The van der Waals surface area contributed by atoms with Crippen molar-refractivity contribution in [2.24, 2.45) is 0 Å². The number of nitrogens with one attached hydrogen (secondary N) is 1. The van der Waals surface area contributed by atoms with Crippen LogP contribution in [0.4, 0.5) is 5.13 Å². The molecule has 0 aliphatic rings. The largest absolute Gasteiger partial charge is 0.296 e. The highest BCUT2D eigenvalue weighted by atomic mass is 32.2. The zero-order chi connectivity index (χ0) is 18.6. The summed E-state index contributed by atoms with van der Waals surface area (Å²) in [5, 5.41) is 6.01. The lowest BCUT2D eigenvalue weighted by Gasteiger charge is -2.10. The number of aromatic nitrogens is 4. The van der Waals surface area contributed by atoms with Gasteiger partial charge < -0.3 is 0 Å². The van der Waals surface area contributed by atoms with Crippen LogP contribution in [0, 0.1) is 0 Å². The van der Waals surface area contributed by atoms with Gasteiger partial charge in [-0.05, 0) is 30.5 Å². The quantitative estimate of drug-likeness (QED) is 0.510. The van der Waals surface area contributed by atoms with Gasteiger partial charge in [0.1, 0.15) is 11.4 Å². The molecule has 0 atom stereocenters. The number of hydrogen-bond acceptors (Lipinski definition) is 6. The van der Waals surface area contributed by atoms with Crippen LogP contribution in [0.2, 0.25) is 0 Å². The molecule has 0 unspecified atom stereocenters. The minimum Gasteiger partial charge on any atom is -0.296 e. The summed E-state index contributed by atoms with van der Waals surface area (Å²) >= 11 is 2.85. The summed E-state index contributed by atoms with van der Waals surface area (Å²) in [5.74, 6) is -0.256. The van der Waals surface area contributed by atoms with Crippen LogP contribution in [0.3, 0.4) is 0 Å². The maximum atomic E-state index is 12.9. The maximum absolute atomic E-state index is 12.9. The van der Waals surface area contributed by atoms with Gasteiger partial charge in [-0.25, -0.2) is 9.97 Å². The van der Waals surface area contributed by atoms with Gasteiger partial charge in [-0.2, -0.15) is 0 Å². The van der Waals surface area contributed by atoms with Gasteiger partial charge >= 0.3 is 0 Å². The van der Waals surface area contributed by atoms with E-state index < -0.39 is 0 Å². The topological polar surface area (TPSA) is 72.7 Å². The van der Waals surface area contributed by atoms with Crippen molar-refractivity contribution in [2.45, 2.75) is 5.16 Å². The third kappa shape index (κ3) is 3.62.